The second kappa shape index (κ2) is 7.73. The third-order valence-corrected chi connectivity index (χ3v) is 2.92. The zero-order valence-corrected chi connectivity index (χ0v) is 10.9. The van der Waals surface area contributed by atoms with Crippen LogP contribution in [0.2, 0.25) is 0 Å². The second-order valence-corrected chi connectivity index (χ2v) is 4.59. The minimum absolute atomic E-state index is 0.201. The number of benzene rings is 1. The lowest BCUT2D eigenvalue weighted by Crippen LogP contribution is -2.43. The maximum atomic E-state index is 11.6. The van der Waals surface area contributed by atoms with E-state index in [1.807, 2.05) is 6.26 Å². The van der Waals surface area contributed by atoms with Crippen molar-refractivity contribution >= 4 is 23.6 Å². The summed E-state index contributed by atoms with van der Waals surface area (Å²) >= 11 is 1.63. The summed E-state index contributed by atoms with van der Waals surface area (Å²) in [6.07, 6.45) is 2.81. The smallest absolute Gasteiger partial charge is 0.271 e. The van der Waals surface area contributed by atoms with Crippen LogP contribution in [0.5, 0.6) is 0 Å². The van der Waals surface area contributed by atoms with Crippen molar-refractivity contribution in [1.29, 1.82) is 0 Å². The highest BCUT2D eigenvalue weighted by molar-refractivity contribution is 7.98. The first kappa shape index (κ1) is 14.5. The molecular formula is C12H16N2O3S. The summed E-state index contributed by atoms with van der Waals surface area (Å²) in [4.78, 5) is 23.1. The average molecular weight is 268 g/mol. The molecule has 0 saturated heterocycles. The summed E-state index contributed by atoms with van der Waals surface area (Å²) < 4.78 is 0. The van der Waals surface area contributed by atoms with Crippen LogP contribution in [-0.4, -0.2) is 34.2 Å². The second-order valence-electron chi connectivity index (χ2n) is 3.61. The molecule has 0 aromatic heterocycles. The Hall–Kier alpha value is -1.53. The summed E-state index contributed by atoms with van der Waals surface area (Å²) in [5, 5.41) is 9.65. The molecule has 5 nitrogen and oxygen atoms in total. The summed E-state index contributed by atoms with van der Waals surface area (Å²) in [5.41, 5.74) is 2.50. The van der Waals surface area contributed by atoms with Crippen LogP contribution in [0.25, 0.3) is 0 Å². The largest absolute Gasteiger partial charge is 0.271 e. The highest BCUT2D eigenvalue weighted by atomic mass is 32.2. The fourth-order valence-electron chi connectivity index (χ4n) is 1.29. The van der Waals surface area contributed by atoms with E-state index in [2.05, 4.69) is 5.43 Å². The van der Waals surface area contributed by atoms with Crippen molar-refractivity contribution in [2.45, 2.75) is 12.8 Å². The highest BCUT2D eigenvalue weighted by Crippen LogP contribution is 2.02. The minimum Gasteiger partial charge on any atom is -0.271 e. The number of hydrazine groups is 1. The Morgan fingerprint density at radius 3 is 2.61 bits per heavy atom. The molecule has 6 heteroatoms. The Labute approximate surface area is 110 Å². The first-order valence-electron chi connectivity index (χ1n) is 5.52. The van der Waals surface area contributed by atoms with Gasteiger partial charge in [0.25, 0.3) is 11.8 Å². The van der Waals surface area contributed by atoms with Gasteiger partial charge in [-0.2, -0.15) is 11.8 Å². The maximum absolute atomic E-state index is 11.6. The van der Waals surface area contributed by atoms with Gasteiger partial charge in [-0.05, 0) is 30.6 Å². The predicted octanol–water partition coefficient (Wildman–Crippen LogP) is 1.69. The van der Waals surface area contributed by atoms with Crippen LogP contribution in [0.4, 0.5) is 0 Å². The Morgan fingerprint density at radius 1 is 1.33 bits per heavy atom. The molecule has 0 aliphatic rings. The predicted molar refractivity (Wildman–Crippen MR) is 70.2 cm³/mol. The highest BCUT2D eigenvalue weighted by Gasteiger charge is 2.14. The summed E-state index contributed by atoms with van der Waals surface area (Å²) in [5.74, 6) is -0.198. The molecule has 0 bridgehead atoms. The molecule has 0 aliphatic carbocycles. The number of rotatable bonds is 5. The van der Waals surface area contributed by atoms with Crippen molar-refractivity contribution < 1.29 is 14.8 Å². The van der Waals surface area contributed by atoms with Gasteiger partial charge in [-0.3, -0.25) is 14.8 Å². The van der Waals surface area contributed by atoms with Crippen molar-refractivity contribution in [2.75, 3.05) is 12.0 Å². The quantitative estimate of drug-likeness (QED) is 0.484. The molecular weight excluding hydrogens is 252 g/mol. The number of thioether (sulfide) groups is 1. The van der Waals surface area contributed by atoms with E-state index in [1.54, 1.807) is 42.1 Å². The van der Waals surface area contributed by atoms with E-state index >= 15 is 0 Å². The Bertz CT molecular complexity index is 398. The molecule has 0 unspecified atom stereocenters. The van der Waals surface area contributed by atoms with Gasteiger partial charge in [-0.25, -0.2) is 5.43 Å². The Kier molecular flexibility index (Phi) is 6.24. The monoisotopic (exact) mass is 268 g/mol. The molecule has 1 aromatic rings. The molecule has 1 rings (SSSR count). The van der Waals surface area contributed by atoms with Crippen molar-refractivity contribution in [3.63, 3.8) is 0 Å². The van der Waals surface area contributed by atoms with E-state index in [0.29, 0.717) is 12.0 Å². The molecule has 0 aliphatic heterocycles. The molecule has 0 heterocycles. The van der Waals surface area contributed by atoms with Gasteiger partial charge in [0.1, 0.15) is 0 Å². The first-order valence-corrected chi connectivity index (χ1v) is 6.91. The lowest BCUT2D eigenvalue weighted by atomic mass is 10.2. The number of nitrogens with zero attached hydrogens (tertiary/aromatic N) is 1. The maximum Gasteiger partial charge on any atom is 0.271 e. The van der Waals surface area contributed by atoms with Crippen molar-refractivity contribution in [3.8, 4) is 0 Å². The van der Waals surface area contributed by atoms with Gasteiger partial charge in [-0.15, -0.1) is 5.17 Å². The topological polar surface area (TPSA) is 69.6 Å². The molecule has 18 heavy (non-hydrogen) atoms. The molecule has 0 spiro atoms. The van der Waals surface area contributed by atoms with Crippen LogP contribution in [-0.2, 0) is 4.79 Å². The summed E-state index contributed by atoms with van der Waals surface area (Å²) in [7, 11) is 0. The first-order chi connectivity index (χ1) is 8.65. The number of carbonyl (C=O) groups excluding carboxylic acids is 2. The van der Waals surface area contributed by atoms with Gasteiger partial charge in [-0.1, -0.05) is 18.2 Å². The number of hydrogen-bond donors (Lipinski definition) is 2. The SMILES string of the molecule is CSCCCC(=O)N(O)NC(=O)c1ccccc1. The van der Waals surface area contributed by atoms with Crippen LogP contribution in [0.15, 0.2) is 30.3 Å². The fourth-order valence-corrected chi connectivity index (χ4v) is 1.72. The van der Waals surface area contributed by atoms with Crippen molar-refractivity contribution in [2.24, 2.45) is 0 Å². The molecule has 0 atom stereocenters. The standard InChI is InChI=1S/C12H16N2O3S/c1-18-9-5-8-11(15)14(17)13-12(16)10-6-3-2-4-7-10/h2-4,6-7,17H,5,8-9H2,1H3,(H,13,16). The zero-order chi connectivity index (χ0) is 13.4. The van der Waals surface area contributed by atoms with E-state index in [9.17, 15) is 14.8 Å². The molecule has 2 N–H and O–H groups in total. The van der Waals surface area contributed by atoms with Crippen molar-refractivity contribution in [3.05, 3.63) is 35.9 Å². The number of carbonyl (C=O) groups is 2. The average Bonchev–Trinajstić information content (AvgIpc) is 2.39. The number of nitrogens with one attached hydrogen (secondary N) is 1. The normalized spacial score (nSPS) is 9.89. The van der Waals surface area contributed by atoms with Crippen LogP contribution in [0.1, 0.15) is 23.2 Å². The van der Waals surface area contributed by atoms with Crippen molar-refractivity contribution in [1.82, 2.24) is 10.6 Å². The third-order valence-electron chi connectivity index (χ3n) is 2.22. The van der Waals surface area contributed by atoms with Crippen LogP contribution in [0.3, 0.4) is 0 Å². The molecule has 0 saturated carbocycles. The lowest BCUT2D eigenvalue weighted by molar-refractivity contribution is -0.175. The van der Waals surface area contributed by atoms with Crippen LogP contribution in [0, 0.1) is 0 Å². The van der Waals surface area contributed by atoms with Crippen LogP contribution < -0.4 is 5.43 Å². The Morgan fingerprint density at radius 2 is 2.00 bits per heavy atom. The number of hydroxylamine groups is 1. The van der Waals surface area contributed by atoms with Gasteiger partial charge in [0.05, 0.1) is 0 Å². The van der Waals surface area contributed by atoms with E-state index in [0.717, 1.165) is 5.75 Å². The molecule has 0 radical (unpaired) electrons. The number of hydrogen-bond acceptors (Lipinski definition) is 4. The van der Waals surface area contributed by atoms with Gasteiger partial charge in [0.15, 0.2) is 0 Å². The van der Waals surface area contributed by atoms with Gasteiger partial charge in [0, 0.05) is 12.0 Å². The zero-order valence-electron chi connectivity index (χ0n) is 10.1. The summed E-state index contributed by atoms with van der Waals surface area (Å²) in [6.45, 7) is 0. The van der Waals surface area contributed by atoms with E-state index in [1.165, 1.54) is 0 Å². The number of amides is 2. The molecule has 2 amide bonds. The van der Waals surface area contributed by atoms with Gasteiger partial charge < -0.3 is 0 Å². The van der Waals surface area contributed by atoms with E-state index < -0.39 is 11.8 Å². The molecule has 98 valence electrons. The summed E-state index contributed by atoms with van der Waals surface area (Å²) in [6, 6.07) is 8.39. The van der Waals surface area contributed by atoms with Gasteiger partial charge >= 0.3 is 0 Å². The van der Waals surface area contributed by atoms with Gasteiger partial charge in [0.2, 0.25) is 0 Å². The van der Waals surface area contributed by atoms with E-state index in [-0.39, 0.29) is 11.6 Å². The van der Waals surface area contributed by atoms with Crippen LogP contribution >= 0.6 is 11.8 Å². The van der Waals surface area contributed by atoms with E-state index in [4.69, 9.17) is 0 Å². The third kappa shape index (κ3) is 4.77. The molecule has 1 aromatic carbocycles. The lowest BCUT2D eigenvalue weighted by Gasteiger charge is -2.15. The minimum atomic E-state index is -0.520. The fraction of sp³-hybridized carbons (Fsp3) is 0.333. The Balaban J connectivity index is 2.42. The molecule has 0 fully saturated rings.